The molecule has 0 bridgehead atoms. The Morgan fingerprint density at radius 3 is 2.10 bits per heavy atom. The van der Waals surface area contributed by atoms with Gasteiger partial charge >= 0.3 is 0 Å². The lowest BCUT2D eigenvalue weighted by Crippen LogP contribution is -2.53. The SMILES string of the molecule is CC[C@@H](C)N(C(=O)CN1CCN(S(=O)(=O)/C=C/c2ccccc2)CC1)[C@@H](C)CC. The molecule has 0 aromatic heterocycles. The van der Waals surface area contributed by atoms with Gasteiger partial charge in [-0.05, 0) is 38.3 Å². The molecule has 1 amide bonds. The van der Waals surface area contributed by atoms with Crippen LogP contribution in [0.5, 0.6) is 0 Å². The summed E-state index contributed by atoms with van der Waals surface area (Å²) in [6, 6.07) is 9.82. The molecule has 2 atom stereocenters. The fourth-order valence-electron chi connectivity index (χ4n) is 3.55. The fourth-order valence-corrected chi connectivity index (χ4v) is 4.72. The van der Waals surface area contributed by atoms with Gasteiger partial charge in [0.05, 0.1) is 6.54 Å². The molecule has 1 fully saturated rings. The van der Waals surface area contributed by atoms with Gasteiger partial charge in [-0.15, -0.1) is 0 Å². The highest BCUT2D eigenvalue weighted by atomic mass is 32.2. The third kappa shape index (κ3) is 6.66. The minimum atomic E-state index is -3.45. The van der Waals surface area contributed by atoms with Gasteiger partial charge < -0.3 is 4.90 Å². The Kier molecular flexibility index (Phi) is 8.86. The van der Waals surface area contributed by atoms with Crippen molar-refractivity contribution in [3.63, 3.8) is 0 Å². The van der Waals surface area contributed by atoms with E-state index in [4.69, 9.17) is 0 Å². The highest BCUT2D eigenvalue weighted by Gasteiger charge is 2.29. The molecule has 0 aliphatic carbocycles. The fraction of sp³-hybridized carbons (Fsp3) is 0.591. The number of hydrogen-bond donors (Lipinski definition) is 0. The van der Waals surface area contributed by atoms with Crippen LogP contribution in [0.15, 0.2) is 35.7 Å². The van der Waals surface area contributed by atoms with Crippen LogP contribution in [-0.4, -0.2) is 73.2 Å². The van der Waals surface area contributed by atoms with Crippen LogP contribution in [0.3, 0.4) is 0 Å². The molecule has 0 unspecified atom stereocenters. The molecule has 0 spiro atoms. The molecule has 1 aromatic carbocycles. The number of sulfonamides is 1. The number of carbonyl (C=O) groups excluding carboxylic acids is 1. The average molecular weight is 422 g/mol. The molecule has 162 valence electrons. The van der Waals surface area contributed by atoms with E-state index in [1.54, 1.807) is 6.08 Å². The monoisotopic (exact) mass is 421 g/mol. The van der Waals surface area contributed by atoms with Gasteiger partial charge in [0.1, 0.15) is 0 Å². The Labute approximate surface area is 176 Å². The Balaban J connectivity index is 1.92. The molecule has 1 saturated heterocycles. The molecule has 1 aromatic rings. The van der Waals surface area contributed by atoms with Crippen molar-refractivity contribution >= 4 is 22.0 Å². The molecule has 6 nitrogen and oxygen atoms in total. The topological polar surface area (TPSA) is 60.9 Å². The van der Waals surface area contributed by atoms with Crippen LogP contribution >= 0.6 is 0 Å². The summed E-state index contributed by atoms with van der Waals surface area (Å²) < 4.78 is 26.7. The predicted molar refractivity (Wildman–Crippen MR) is 119 cm³/mol. The molecule has 29 heavy (non-hydrogen) atoms. The van der Waals surface area contributed by atoms with Gasteiger partial charge in [-0.2, -0.15) is 4.31 Å². The second-order valence-corrected chi connectivity index (χ2v) is 9.57. The largest absolute Gasteiger partial charge is 0.336 e. The summed E-state index contributed by atoms with van der Waals surface area (Å²) in [5.41, 5.74) is 0.857. The number of nitrogens with zero attached hydrogens (tertiary/aromatic N) is 3. The number of carbonyl (C=O) groups is 1. The van der Waals surface area contributed by atoms with Gasteiger partial charge in [-0.25, -0.2) is 8.42 Å². The maximum Gasteiger partial charge on any atom is 0.237 e. The summed E-state index contributed by atoms with van der Waals surface area (Å²) in [6.45, 7) is 10.7. The van der Waals surface area contributed by atoms with E-state index in [2.05, 4.69) is 32.6 Å². The van der Waals surface area contributed by atoms with E-state index in [-0.39, 0.29) is 18.0 Å². The van der Waals surface area contributed by atoms with Crippen molar-refractivity contribution < 1.29 is 13.2 Å². The van der Waals surface area contributed by atoms with Gasteiger partial charge in [0.25, 0.3) is 0 Å². The minimum absolute atomic E-state index is 0.133. The first-order chi connectivity index (χ1) is 13.8. The second kappa shape index (κ2) is 10.9. The molecule has 1 aliphatic rings. The zero-order valence-electron chi connectivity index (χ0n) is 18.1. The highest BCUT2D eigenvalue weighted by Crippen LogP contribution is 2.15. The summed E-state index contributed by atoms with van der Waals surface area (Å²) in [7, 11) is -3.45. The van der Waals surface area contributed by atoms with Crippen LogP contribution in [0.4, 0.5) is 0 Å². The first-order valence-corrected chi connectivity index (χ1v) is 12.1. The van der Waals surface area contributed by atoms with E-state index in [1.807, 2.05) is 35.2 Å². The van der Waals surface area contributed by atoms with Gasteiger partial charge in [0.2, 0.25) is 15.9 Å². The lowest BCUT2D eigenvalue weighted by molar-refractivity contribution is -0.137. The molecule has 1 heterocycles. The lowest BCUT2D eigenvalue weighted by atomic mass is 10.1. The van der Waals surface area contributed by atoms with Crippen molar-refractivity contribution in [2.24, 2.45) is 0 Å². The molecule has 0 radical (unpaired) electrons. The van der Waals surface area contributed by atoms with Crippen LogP contribution in [-0.2, 0) is 14.8 Å². The van der Waals surface area contributed by atoms with E-state index < -0.39 is 10.0 Å². The first kappa shape index (κ1) is 23.6. The Bertz CT molecular complexity index is 762. The molecule has 1 aliphatic heterocycles. The van der Waals surface area contributed by atoms with Crippen molar-refractivity contribution in [2.75, 3.05) is 32.7 Å². The van der Waals surface area contributed by atoms with Crippen molar-refractivity contribution in [3.05, 3.63) is 41.3 Å². The van der Waals surface area contributed by atoms with Crippen molar-refractivity contribution in [1.82, 2.24) is 14.1 Å². The molecule has 7 heteroatoms. The van der Waals surface area contributed by atoms with Gasteiger partial charge in [-0.1, -0.05) is 44.2 Å². The highest BCUT2D eigenvalue weighted by molar-refractivity contribution is 7.92. The standard InChI is InChI=1S/C22H35N3O3S/c1-5-19(3)25(20(4)6-2)22(26)18-23-13-15-24(16-14-23)29(27,28)17-12-21-10-8-7-9-11-21/h7-12,17,19-20H,5-6,13-16,18H2,1-4H3/b17-12+/t19-,20+. The number of amides is 1. The van der Waals surface area contributed by atoms with Crippen molar-refractivity contribution in [1.29, 1.82) is 0 Å². The first-order valence-electron chi connectivity index (χ1n) is 10.5. The smallest absolute Gasteiger partial charge is 0.237 e. The summed E-state index contributed by atoms with van der Waals surface area (Å²) in [4.78, 5) is 16.9. The quantitative estimate of drug-likeness (QED) is 0.615. The summed E-state index contributed by atoms with van der Waals surface area (Å²) in [5.74, 6) is 0.133. The van der Waals surface area contributed by atoms with Crippen molar-refractivity contribution in [3.8, 4) is 0 Å². The normalized spacial score (nSPS) is 18.6. The predicted octanol–water partition coefficient (Wildman–Crippen LogP) is 3.03. The van der Waals surface area contributed by atoms with Crippen molar-refractivity contribution in [2.45, 2.75) is 52.6 Å². The molecule has 2 rings (SSSR count). The van der Waals surface area contributed by atoms with Crippen LogP contribution in [0.1, 0.15) is 46.1 Å². The van der Waals surface area contributed by atoms with Crippen LogP contribution in [0, 0.1) is 0 Å². The molecule has 0 saturated carbocycles. The van der Waals surface area contributed by atoms with Gasteiger partial charge in [0, 0.05) is 43.7 Å². The zero-order valence-corrected chi connectivity index (χ0v) is 18.9. The van der Waals surface area contributed by atoms with E-state index >= 15 is 0 Å². The summed E-state index contributed by atoms with van der Waals surface area (Å²) in [6.07, 6.45) is 3.48. The molecular formula is C22H35N3O3S. The third-order valence-electron chi connectivity index (χ3n) is 5.70. The lowest BCUT2D eigenvalue weighted by Gasteiger charge is -2.38. The van der Waals surface area contributed by atoms with Gasteiger partial charge in [0.15, 0.2) is 0 Å². The van der Waals surface area contributed by atoms with Gasteiger partial charge in [-0.3, -0.25) is 9.69 Å². The second-order valence-electron chi connectivity index (χ2n) is 7.75. The summed E-state index contributed by atoms with van der Waals surface area (Å²) >= 11 is 0. The van der Waals surface area contributed by atoms with E-state index in [0.29, 0.717) is 32.7 Å². The number of rotatable bonds is 9. The number of benzene rings is 1. The van der Waals surface area contributed by atoms with E-state index in [9.17, 15) is 13.2 Å². The Morgan fingerprint density at radius 2 is 1.59 bits per heavy atom. The van der Waals surface area contributed by atoms with E-state index in [1.165, 1.54) is 9.71 Å². The maximum absolute atomic E-state index is 12.9. The third-order valence-corrected chi connectivity index (χ3v) is 7.27. The molecule has 0 N–H and O–H groups in total. The van der Waals surface area contributed by atoms with E-state index in [0.717, 1.165) is 18.4 Å². The zero-order chi connectivity index (χ0) is 21.4. The summed E-state index contributed by atoms with van der Waals surface area (Å²) in [5, 5.41) is 1.27. The van der Waals surface area contributed by atoms with Crippen LogP contribution in [0.2, 0.25) is 0 Å². The number of hydrogen-bond acceptors (Lipinski definition) is 4. The van der Waals surface area contributed by atoms with Crippen LogP contribution in [0.25, 0.3) is 6.08 Å². The Hall–Kier alpha value is -1.70. The minimum Gasteiger partial charge on any atom is -0.336 e. The van der Waals surface area contributed by atoms with Crippen LogP contribution < -0.4 is 0 Å². The number of piperazine rings is 1. The maximum atomic E-state index is 12.9. The molecular weight excluding hydrogens is 386 g/mol. The average Bonchev–Trinajstić information content (AvgIpc) is 2.73. The Morgan fingerprint density at radius 1 is 1.03 bits per heavy atom.